The molecule has 134 valence electrons. The number of thioether (sulfide) groups is 1. The van der Waals surface area contributed by atoms with Gasteiger partial charge >= 0.3 is 12.1 Å². The molecule has 0 aliphatic carbocycles. The van der Waals surface area contributed by atoms with Crippen LogP contribution >= 0.6 is 11.8 Å². The zero-order chi connectivity index (χ0) is 18.3. The smallest absolute Gasteiger partial charge is 0.408 e. The van der Waals surface area contributed by atoms with Crippen LogP contribution in [0.25, 0.3) is 0 Å². The SMILES string of the molecule is CSCC(=O)CC[C@H](NC(=O)OC(C)(C)C)C(=O)OC(C)(C)C. The van der Waals surface area contributed by atoms with Crippen LogP contribution in [-0.2, 0) is 19.1 Å². The van der Waals surface area contributed by atoms with Gasteiger partial charge in [-0.3, -0.25) is 4.79 Å². The van der Waals surface area contributed by atoms with Crippen molar-refractivity contribution >= 4 is 29.6 Å². The molecule has 0 rings (SSSR count). The molecule has 0 unspecified atom stereocenters. The number of Topliss-reactive ketones (excluding diaryl/α,β-unsaturated/α-hetero) is 1. The maximum Gasteiger partial charge on any atom is 0.408 e. The fourth-order valence-corrected chi connectivity index (χ4v) is 2.08. The second-order valence-electron chi connectivity index (χ2n) is 7.24. The minimum atomic E-state index is -0.908. The molecule has 0 aliphatic heterocycles. The molecule has 0 saturated carbocycles. The van der Waals surface area contributed by atoms with E-state index >= 15 is 0 Å². The summed E-state index contributed by atoms with van der Waals surface area (Å²) in [5.74, 6) is -0.162. The van der Waals surface area contributed by atoms with E-state index < -0.39 is 29.3 Å². The second kappa shape index (κ2) is 9.15. The molecule has 0 bridgehead atoms. The zero-order valence-electron chi connectivity index (χ0n) is 15.1. The van der Waals surface area contributed by atoms with Gasteiger partial charge in [0.05, 0.1) is 5.75 Å². The first-order chi connectivity index (χ1) is 10.3. The van der Waals surface area contributed by atoms with Gasteiger partial charge in [0.1, 0.15) is 23.0 Å². The molecule has 1 atom stereocenters. The summed E-state index contributed by atoms with van der Waals surface area (Å²) in [4.78, 5) is 35.8. The van der Waals surface area contributed by atoms with Crippen molar-refractivity contribution in [1.29, 1.82) is 0 Å². The molecule has 6 nitrogen and oxygen atoms in total. The molecule has 0 aromatic heterocycles. The van der Waals surface area contributed by atoms with Gasteiger partial charge in [-0.2, -0.15) is 11.8 Å². The Morgan fingerprint density at radius 3 is 1.96 bits per heavy atom. The Morgan fingerprint density at radius 1 is 1.00 bits per heavy atom. The van der Waals surface area contributed by atoms with E-state index in [4.69, 9.17) is 9.47 Å². The number of alkyl carbamates (subject to hydrolysis) is 1. The Kier molecular flexibility index (Phi) is 8.66. The van der Waals surface area contributed by atoms with Gasteiger partial charge in [0, 0.05) is 6.42 Å². The maximum absolute atomic E-state index is 12.2. The molecule has 0 spiro atoms. The predicted molar refractivity (Wildman–Crippen MR) is 91.6 cm³/mol. The number of amides is 1. The Labute approximate surface area is 143 Å². The average molecular weight is 347 g/mol. The number of ketones is 1. The van der Waals surface area contributed by atoms with Crippen molar-refractivity contribution in [2.45, 2.75) is 71.6 Å². The summed E-state index contributed by atoms with van der Waals surface area (Å²) < 4.78 is 10.5. The third-order valence-corrected chi connectivity index (χ3v) is 3.01. The van der Waals surface area contributed by atoms with E-state index in [1.54, 1.807) is 41.5 Å². The number of esters is 1. The first-order valence-electron chi connectivity index (χ1n) is 7.57. The summed E-state index contributed by atoms with van der Waals surface area (Å²) in [6.07, 6.45) is 1.52. The molecule has 0 aromatic rings. The number of rotatable bonds is 7. The summed E-state index contributed by atoms with van der Waals surface area (Å²) in [5, 5.41) is 2.50. The lowest BCUT2D eigenvalue weighted by Crippen LogP contribution is -2.46. The minimum absolute atomic E-state index is 0.0250. The minimum Gasteiger partial charge on any atom is -0.458 e. The van der Waals surface area contributed by atoms with Gasteiger partial charge in [0.2, 0.25) is 0 Å². The van der Waals surface area contributed by atoms with Crippen molar-refractivity contribution in [2.24, 2.45) is 0 Å². The van der Waals surface area contributed by atoms with Gasteiger partial charge in [-0.05, 0) is 54.2 Å². The van der Waals surface area contributed by atoms with E-state index in [0.717, 1.165) is 0 Å². The summed E-state index contributed by atoms with van der Waals surface area (Å²) >= 11 is 1.42. The number of hydrogen-bond acceptors (Lipinski definition) is 6. The Balaban J connectivity index is 4.82. The van der Waals surface area contributed by atoms with Crippen molar-refractivity contribution in [2.75, 3.05) is 12.0 Å². The number of carbonyl (C=O) groups is 3. The van der Waals surface area contributed by atoms with Gasteiger partial charge in [0.25, 0.3) is 0 Å². The van der Waals surface area contributed by atoms with Crippen LogP contribution in [0.5, 0.6) is 0 Å². The van der Waals surface area contributed by atoms with E-state index in [2.05, 4.69) is 5.32 Å². The number of carbonyl (C=O) groups excluding carboxylic acids is 3. The van der Waals surface area contributed by atoms with E-state index in [-0.39, 0.29) is 18.6 Å². The molecule has 7 heteroatoms. The summed E-state index contributed by atoms with van der Waals surface area (Å²) in [5.41, 5.74) is -1.34. The van der Waals surface area contributed by atoms with Gasteiger partial charge < -0.3 is 14.8 Å². The molecular weight excluding hydrogens is 318 g/mol. The molecule has 0 aliphatic rings. The quantitative estimate of drug-likeness (QED) is 0.713. The molecule has 0 fully saturated rings. The Morgan fingerprint density at radius 2 is 1.52 bits per heavy atom. The van der Waals surface area contributed by atoms with Crippen LogP contribution in [0.3, 0.4) is 0 Å². The number of ether oxygens (including phenoxy) is 2. The topological polar surface area (TPSA) is 81.7 Å². The van der Waals surface area contributed by atoms with Crippen LogP contribution in [0, 0.1) is 0 Å². The standard InChI is InChI=1S/C16H29NO5S/c1-15(2,3)21-13(19)12(9-8-11(18)10-23-7)17-14(20)22-16(4,5)6/h12H,8-10H2,1-7H3,(H,17,20)/t12-/m0/s1. The third-order valence-electron chi connectivity index (χ3n) is 2.40. The first-order valence-corrected chi connectivity index (χ1v) is 8.96. The van der Waals surface area contributed by atoms with Crippen LogP contribution < -0.4 is 5.32 Å². The molecule has 0 saturated heterocycles. The number of hydrogen-bond donors (Lipinski definition) is 1. The van der Waals surface area contributed by atoms with Gasteiger partial charge in [-0.25, -0.2) is 9.59 Å². The van der Waals surface area contributed by atoms with Gasteiger partial charge in [-0.15, -0.1) is 0 Å². The second-order valence-corrected chi connectivity index (χ2v) is 8.11. The molecule has 0 heterocycles. The largest absolute Gasteiger partial charge is 0.458 e. The maximum atomic E-state index is 12.2. The van der Waals surface area contributed by atoms with Crippen molar-refractivity contribution in [3.8, 4) is 0 Å². The van der Waals surface area contributed by atoms with Gasteiger partial charge in [0.15, 0.2) is 0 Å². The Bertz CT molecular complexity index is 423. The van der Waals surface area contributed by atoms with Crippen molar-refractivity contribution in [3.63, 3.8) is 0 Å². The van der Waals surface area contributed by atoms with Crippen LogP contribution in [-0.4, -0.2) is 47.1 Å². The van der Waals surface area contributed by atoms with Crippen molar-refractivity contribution in [3.05, 3.63) is 0 Å². The highest BCUT2D eigenvalue weighted by atomic mass is 32.2. The van der Waals surface area contributed by atoms with E-state index in [9.17, 15) is 14.4 Å². The highest BCUT2D eigenvalue weighted by molar-refractivity contribution is 7.99. The molecule has 23 heavy (non-hydrogen) atoms. The van der Waals surface area contributed by atoms with Gasteiger partial charge in [-0.1, -0.05) is 0 Å². The van der Waals surface area contributed by atoms with Crippen LogP contribution in [0.1, 0.15) is 54.4 Å². The van der Waals surface area contributed by atoms with Crippen LogP contribution in [0.2, 0.25) is 0 Å². The van der Waals surface area contributed by atoms with E-state index in [1.807, 2.05) is 6.26 Å². The fraction of sp³-hybridized carbons (Fsp3) is 0.812. The molecular formula is C16H29NO5S. The average Bonchev–Trinajstić information content (AvgIpc) is 2.30. The zero-order valence-corrected chi connectivity index (χ0v) is 16.0. The van der Waals surface area contributed by atoms with E-state index in [0.29, 0.717) is 5.75 Å². The molecule has 1 amide bonds. The van der Waals surface area contributed by atoms with Crippen LogP contribution in [0.15, 0.2) is 0 Å². The lowest BCUT2D eigenvalue weighted by Gasteiger charge is -2.26. The van der Waals surface area contributed by atoms with E-state index in [1.165, 1.54) is 11.8 Å². The van der Waals surface area contributed by atoms with Crippen LogP contribution in [0.4, 0.5) is 4.79 Å². The van der Waals surface area contributed by atoms with Crippen molar-refractivity contribution in [1.82, 2.24) is 5.32 Å². The highest BCUT2D eigenvalue weighted by Crippen LogP contribution is 2.13. The summed E-state index contributed by atoms with van der Waals surface area (Å²) in [6, 6.07) is -0.908. The molecule has 0 aromatic carbocycles. The fourth-order valence-electron chi connectivity index (χ4n) is 1.61. The summed E-state index contributed by atoms with van der Waals surface area (Å²) in [7, 11) is 0. The highest BCUT2D eigenvalue weighted by Gasteiger charge is 2.28. The summed E-state index contributed by atoms with van der Waals surface area (Å²) in [6.45, 7) is 10.4. The normalized spacial score (nSPS) is 13.2. The molecule has 1 N–H and O–H groups in total. The Hall–Kier alpha value is -1.24. The molecule has 0 radical (unpaired) electrons. The predicted octanol–water partition coefficient (Wildman–Crippen LogP) is 2.93. The monoisotopic (exact) mass is 347 g/mol. The van der Waals surface area contributed by atoms with Crippen molar-refractivity contribution < 1.29 is 23.9 Å². The number of nitrogens with one attached hydrogen (secondary N) is 1. The lowest BCUT2D eigenvalue weighted by atomic mass is 10.1. The first kappa shape index (κ1) is 21.8. The lowest BCUT2D eigenvalue weighted by molar-refractivity contribution is -0.157. The third kappa shape index (κ3) is 11.9.